The number of aliphatic hydroxyl groups excluding tert-OH is 1. The van der Waals surface area contributed by atoms with Crippen LogP contribution in [-0.4, -0.2) is 16.0 Å². The SMILES string of the molecule is C=C1C[C@@H](O)[C@@H](Br)C(C)(C)[C@]12CC=C(C)CC2. The average Bonchev–Trinajstić information content (AvgIpc) is 2.27. The second-order valence-electron chi connectivity index (χ2n) is 6.34. The normalized spacial score (nSPS) is 41.5. The van der Waals surface area contributed by atoms with Gasteiger partial charge in [0.25, 0.3) is 0 Å². The fourth-order valence-electron chi connectivity index (χ4n) is 3.62. The third-order valence-corrected chi connectivity index (χ3v) is 6.89. The topological polar surface area (TPSA) is 20.2 Å². The fourth-order valence-corrected chi connectivity index (χ4v) is 4.25. The van der Waals surface area contributed by atoms with E-state index in [1.165, 1.54) is 17.6 Å². The Balaban J connectivity index is 2.41. The van der Waals surface area contributed by atoms with E-state index in [9.17, 15) is 5.11 Å². The van der Waals surface area contributed by atoms with E-state index in [2.05, 4.69) is 49.4 Å². The Morgan fingerprint density at radius 2 is 2.12 bits per heavy atom. The van der Waals surface area contributed by atoms with Crippen LogP contribution in [0, 0.1) is 10.8 Å². The minimum absolute atomic E-state index is 0.0545. The molecule has 1 spiro atoms. The van der Waals surface area contributed by atoms with Crippen LogP contribution in [0.15, 0.2) is 23.8 Å². The molecule has 0 aromatic carbocycles. The molecular weight excluding hydrogens is 276 g/mol. The van der Waals surface area contributed by atoms with Crippen molar-refractivity contribution in [1.82, 2.24) is 0 Å². The lowest BCUT2D eigenvalue weighted by atomic mass is 9.50. The number of aliphatic hydroxyl groups is 1. The number of hydrogen-bond donors (Lipinski definition) is 1. The van der Waals surface area contributed by atoms with Gasteiger partial charge in [0.05, 0.1) is 6.10 Å². The summed E-state index contributed by atoms with van der Waals surface area (Å²) >= 11 is 3.72. The molecule has 1 N–H and O–H groups in total. The maximum atomic E-state index is 10.1. The summed E-state index contributed by atoms with van der Waals surface area (Å²) in [5.41, 5.74) is 2.96. The summed E-state index contributed by atoms with van der Waals surface area (Å²) in [5, 5.41) is 10.1. The molecule has 1 nitrogen and oxygen atoms in total. The Kier molecular flexibility index (Phi) is 3.33. The second-order valence-corrected chi connectivity index (χ2v) is 7.32. The Bertz CT molecular complexity index is 369. The maximum Gasteiger partial charge on any atom is 0.0707 e. The molecule has 3 atom stereocenters. The molecule has 1 saturated carbocycles. The van der Waals surface area contributed by atoms with Gasteiger partial charge in [-0.15, -0.1) is 0 Å². The van der Waals surface area contributed by atoms with Gasteiger partial charge < -0.3 is 5.11 Å². The number of allylic oxidation sites excluding steroid dienone is 2. The van der Waals surface area contributed by atoms with Gasteiger partial charge >= 0.3 is 0 Å². The standard InChI is InChI=1S/C15H23BrO/c1-10-5-7-15(8-6-10)11(2)9-12(17)13(16)14(15,3)4/h5,12-13,17H,2,6-9H2,1,3-4H3/t12-,13-,15+/m1/s1. The van der Waals surface area contributed by atoms with Crippen molar-refractivity contribution in [3.8, 4) is 0 Å². The largest absolute Gasteiger partial charge is 0.392 e. The third kappa shape index (κ3) is 1.84. The molecular formula is C15H23BrO. The molecule has 2 rings (SSSR count). The van der Waals surface area contributed by atoms with E-state index in [1.807, 2.05) is 0 Å². The molecule has 1 fully saturated rings. The van der Waals surface area contributed by atoms with E-state index in [0.717, 1.165) is 19.3 Å². The van der Waals surface area contributed by atoms with Gasteiger partial charge in [0.1, 0.15) is 0 Å². The quantitative estimate of drug-likeness (QED) is 0.524. The zero-order chi connectivity index (χ0) is 12.8. The average molecular weight is 299 g/mol. The number of hydrogen-bond acceptors (Lipinski definition) is 1. The van der Waals surface area contributed by atoms with Crippen molar-refractivity contribution in [2.75, 3.05) is 0 Å². The molecule has 0 aliphatic heterocycles. The van der Waals surface area contributed by atoms with Gasteiger partial charge in [-0.3, -0.25) is 0 Å². The second kappa shape index (κ2) is 4.24. The van der Waals surface area contributed by atoms with Crippen molar-refractivity contribution in [3.05, 3.63) is 23.8 Å². The number of halogens is 1. The van der Waals surface area contributed by atoms with E-state index >= 15 is 0 Å². The molecule has 0 heterocycles. The molecule has 0 bridgehead atoms. The first kappa shape index (κ1) is 13.4. The molecule has 17 heavy (non-hydrogen) atoms. The minimum atomic E-state index is -0.296. The highest BCUT2D eigenvalue weighted by Gasteiger charge is 2.55. The van der Waals surface area contributed by atoms with Crippen LogP contribution in [0.1, 0.15) is 46.5 Å². The van der Waals surface area contributed by atoms with Crippen LogP contribution < -0.4 is 0 Å². The summed E-state index contributed by atoms with van der Waals surface area (Å²) in [7, 11) is 0. The van der Waals surface area contributed by atoms with Crippen molar-refractivity contribution in [2.45, 2.75) is 57.4 Å². The summed E-state index contributed by atoms with van der Waals surface area (Å²) in [6, 6.07) is 0. The third-order valence-electron chi connectivity index (χ3n) is 5.14. The zero-order valence-electron chi connectivity index (χ0n) is 11.1. The van der Waals surface area contributed by atoms with Gasteiger partial charge in [-0.05, 0) is 38.0 Å². The molecule has 2 heteroatoms. The lowest BCUT2D eigenvalue weighted by Crippen LogP contribution is -2.54. The highest BCUT2D eigenvalue weighted by Crippen LogP contribution is 2.61. The van der Waals surface area contributed by atoms with E-state index in [0.29, 0.717) is 0 Å². The highest BCUT2D eigenvalue weighted by molar-refractivity contribution is 9.09. The van der Waals surface area contributed by atoms with E-state index in [-0.39, 0.29) is 21.8 Å². The van der Waals surface area contributed by atoms with Crippen LogP contribution >= 0.6 is 15.9 Å². The Morgan fingerprint density at radius 3 is 2.65 bits per heavy atom. The Morgan fingerprint density at radius 1 is 1.47 bits per heavy atom. The molecule has 0 radical (unpaired) electrons. The Hall–Kier alpha value is -0.0800. The smallest absolute Gasteiger partial charge is 0.0707 e. The first-order valence-electron chi connectivity index (χ1n) is 6.47. The van der Waals surface area contributed by atoms with Crippen LogP contribution in [0.2, 0.25) is 0 Å². The molecule has 0 unspecified atom stereocenters. The molecule has 0 saturated heterocycles. The fraction of sp³-hybridized carbons (Fsp3) is 0.733. The van der Waals surface area contributed by atoms with Gasteiger partial charge in [-0.1, -0.05) is 53.6 Å². The van der Waals surface area contributed by atoms with Gasteiger partial charge in [-0.25, -0.2) is 0 Å². The molecule has 96 valence electrons. The summed E-state index contributed by atoms with van der Waals surface area (Å²) in [4.78, 5) is 0.160. The highest BCUT2D eigenvalue weighted by atomic mass is 79.9. The van der Waals surface area contributed by atoms with Crippen LogP contribution in [0.5, 0.6) is 0 Å². The molecule has 0 aromatic heterocycles. The number of alkyl halides is 1. The summed E-state index contributed by atoms with van der Waals surface area (Å²) < 4.78 is 0. The first-order valence-corrected chi connectivity index (χ1v) is 7.39. The van der Waals surface area contributed by atoms with Gasteiger partial charge in [-0.2, -0.15) is 0 Å². The summed E-state index contributed by atoms with van der Waals surface area (Å²) in [6.07, 6.45) is 6.24. The van der Waals surface area contributed by atoms with Crippen LogP contribution in [0.4, 0.5) is 0 Å². The predicted octanol–water partition coefficient (Wildman–Crippen LogP) is 4.21. The van der Waals surface area contributed by atoms with E-state index < -0.39 is 0 Å². The molecule has 0 aromatic rings. The van der Waals surface area contributed by atoms with Gasteiger partial charge in [0.2, 0.25) is 0 Å². The lowest BCUT2D eigenvalue weighted by molar-refractivity contribution is 0.00123. The van der Waals surface area contributed by atoms with E-state index in [4.69, 9.17) is 0 Å². The molecule has 0 amide bonds. The van der Waals surface area contributed by atoms with Crippen molar-refractivity contribution in [1.29, 1.82) is 0 Å². The number of rotatable bonds is 0. The summed E-state index contributed by atoms with van der Waals surface area (Å²) in [6.45, 7) is 11.0. The monoisotopic (exact) mass is 298 g/mol. The molecule has 2 aliphatic rings. The van der Waals surface area contributed by atoms with Crippen molar-refractivity contribution >= 4 is 15.9 Å². The lowest BCUT2D eigenvalue weighted by Gasteiger charge is -2.57. The van der Waals surface area contributed by atoms with Crippen LogP contribution in [0.3, 0.4) is 0 Å². The van der Waals surface area contributed by atoms with E-state index in [1.54, 1.807) is 0 Å². The predicted molar refractivity (Wildman–Crippen MR) is 76.3 cm³/mol. The van der Waals surface area contributed by atoms with Crippen molar-refractivity contribution < 1.29 is 5.11 Å². The zero-order valence-corrected chi connectivity index (χ0v) is 12.7. The van der Waals surface area contributed by atoms with Crippen LogP contribution in [-0.2, 0) is 0 Å². The van der Waals surface area contributed by atoms with Gasteiger partial charge in [0.15, 0.2) is 0 Å². The van der Waals surface area contributed by atoms with Crippen LogP contribution in [0.25, 0.3) is 0 Å². The van der Waals surface area contributed by atoms with Crippen molar-refractivity contribution in [3.63, 3.8) is 0 Å². The maximum absolute atomic E-state index is 10.1. The first-order chi connectivity index (χ1) is 7.81. The summed E-state index contributed by atoms with van der Waals surface area (Å²) in [5.74, 6) is 0. The minimum Gasteiger partial charge on any atom is -0.392 e. The van der Waals surface area contributed by atoms with Gasteiger partial charge in [0, 0.05) is 10.2 Å². The van der Waals surface area contributed by atoms with Crippen molar-refractivity contribution in [2.24, 2.45) is 10.8 Å². The molecule has 2 aliphatic carbocycles. The Labute approximate surface area is 113 Å².